The van der Waals surface area contributed by atoms with Gasteiger partial charge in [0.2, 0.25) is 0 Å². The molecule has 1 aliphatic carbocycles. The van der Waals surface area contributed by atoms with Gasteiger partial charge in [0.15, 0.2) is 17.3 Å². The first-order chi connectivity index (χ1) is 14.3. The Kier molecular flexibility index (Phi) is 4.55. The van der Waals surface area contributed by atoms with Crippen LogP contribution in [0.4, 0.5) is 17.5 Å². The van der Waals surface area contributed by atoms with E-state index in [0.29, 0.717) is 43.6 Å². The minimum atomic E-state index is -0.0682. The summed E-state index contributed by atoms with van der Waals surface area (Å²) in [5.41, 5.74) is 0.407. The maximum absolute atomic E-state index is 12.7. The Morgan fingerprint density at radius 2 is 1.90 bits per heavy atom. The van der Waals surface area contributed by atoms with Gasteiger partial charge >= 0.3 is 0 Å². The van der Waals surface area contributed by atoms with E-state index in [9.17, 15) is 4.79 Å². The van der Waals surface area contributed by atoms with E-state index in [-0.39, 0.29) is 5.91 Å². The zero-order chi connectivity index (χ0) is 19.6. The molecule has 1 amide bonds. The fraction of sp³-hybridized carbons (Fsp3) is 0.350. The molecular weight excluding hydrogens is 370 g/mol. The molecule has 0 bridgehead atoms. The van der Waals surface area contributed by atoms with Crippen LogP contribution >= 0.6 is 0 Å². The molecule has 1 aliphatic heterocycles. The fourth-order valence-corrected chi connectivity index (χ4v) is 3.38. The van der Waals surface area contributed by atoms with Crippen LogP contribution in [0.1, 0.15) is 35.0 Å². The largest absolute Gasteiger partial charge is 0.360 e. The van der Waals surface area contributed by atoms with Gasteiger partial charge in [-0.3, -0.25) is 4.79 Å². The normalized spacial score (nSPS) is 16.7. The number of aromatic nitrogens is 4. The lowest BCUT2D eigenvalue weighted by atomic mass is 10.2. The van der Waals surface area contributed by atoms with Crippen molar-refractivity contribution in [3.63, 3.8) is 0 Å². The predicted molar refractivity (Wildman–Crippen MR) is 106 cm³/mol. The second-order valence-corrected chi connectivity index (χ2v) is 7.28. The molecule has 9 nitrogen and oxygen atoms in total. The highest BCUT2D eigenvalue weighted by atomic mass is 16.5. The first kappa shape index (κ1) is 17.6. The standard InChI is InChI=1S/C20H21N7O2/c28-20(15-13-16(29-25-15)14-4-5-14)27-11-9-26(10-12-27)19-7-6-18(23-24-19)22-17-3-1-2-8-21-17/h1-3,6-8,13-14H,4-5,9-12H2,(H,21,22,23). The van der Waals surface area contributed by atoms with Crippen LogP contribution in [0.15, 0.2) is 47.1 Å². The number of hydrogen-bond donors (Lipinski definition) is 1. The molecule has 3 aromatic rings. The summed E-state index contributed by atoms with van der Waals surface area (Å²) < 4.78 is 5.31. The number of nitrogens with one attached hydrogen (secondary N) is 1. The molecule has 0 atom stereocenters. The summed E-state index contributed by atoms with van der Waals surface area (Å²) in [6.45, 7) is 2.61. The van der Waals surface area contributed by atoms with Crippen molar-refractivity contribution in [2.24, 2.45) is 0 Å². The minimum absolute atomic E-state index is 0.0682. The smallest absolute Gasteiger partial charge is 0.276 e. The Bertz CT molecular complexity index is 978. The molecule has 0 spiro atoms. The maximum atomic E-state index is 12.7. The zero-order valence-corrected chi connectivity index (χ0v) is 15.9. The quantitative estimate of drug-likeness (QED) is 0.708. The Morgan fingerprint density at radius 3 is 2.59 bits per heavy atom. The second-order valence-electron chi connectivity index (χ2n) is 7.28. The highest BCUT2D eigenvalue weighted by Gasteiger charge is 2.30. The number of nitrogens with zero attached hydrogens (tertiary/aromatic N) is 6. The topological polar surface area (TPSA) is 100 Å². The van der Waals surface area contributed by atoms with Crippen LogP contribution in [0.5, 0.6) is 0 Å². The van der Waals surface area contributed by atoms with E-state index in [2.05, 4.69) is 30.6 Å². The number of pyridine rings is 1. The summed E-state index contributed by atoms with van der Waals surface area (Å²) in [6.07, 6.45) is 3.97. The van der Waals surface area contributed by atoms with Crippen LogP contribution in [0.2, 0.25) is 0 Å². The van der Waals surface area contributed by atoms with Crippen LogP contribution in [0.3, 0.4) is 0 Å². The molecule has 4 heterocycles. The van der Waals surface area contributed by atoms with Gasteiger partial charge in [-0.2, -0.15) is 0 Å². The van der Waals surface area contributed by atoms with Gasteiger partial charge in [0.05, 0.1) is 0 Å². The summed E-state index contributed by atoms with van der Waals surface area (Å²) in [6, 6.07) is 11.2. The van der Waals surface area contributed by atoms with E-state index >= 15 is 0 Å². The van der Waals surface area contributed by atoms with Gasteiger partial charge < -0.3 is 19.6 Å². The Hall–Kier alpha value is -3.49. The minimum Gasteiger partial charge on any atom is -0.360 e. The summed E-state index contributed by atoms with van der Waals surface area (Å²) in [5.74, 6) is 3.37. The van der Waals surface area contributed by atoms with Crippen molar-refractivity contribution in [3.05, 3.63) is 54.0 Å². The Balaban J connectivity index is 1.17. The average molecular weight is 391 g/mol. The molecule has 0 unspecified atom stereocenters. The van der Waals surface area contributed by atoms with Crippen molar-refractivity contribution in [2.75, 3.05) is 36.4 Å². The van der Waals surface area contributed by atoms with Gasteiger partial charge in [-0.25, -0.2) is 4.98 Å². The number of amides is 1. The number of hydrogen-bond acceptors (Lipinski definition) is 8. The SMILES string of the molecule is O=C(c1cc(C2CC2)on1)N1CCN(c2ccc(Nc3ccccn3)nn2)CC1. The molecule has 2 aliphatic rings. The van der Waals surface area contributed by atoms with Gasteiger partial charge in [0.1, 0.15) is 11.6 Å². The Morgan fingerprint density at radius 1 is 1.03 bits per heavy atom. The van der Waals surface area contributed by atoms with E-state index in [4.69, 9.17) is 4.52 Å². The third-order valence-electron chi connectivity index (χ3n) is 5.19. The number of rotatable bonds is 5. The molecule has 2 fully saturated rings. The van der Waals surface area contributed by atoms with Crippen LogP contribution < -0.4 is 10.2 Å². The van der Waals surface area contributed by atoms with Crippen molar-refractivity contribution < 1.29 is 9.32 Å². The number of anilines is 3. The highest BCUT2D eigenvalue weighted by molar-refractivity contribution is 5.92. The van der Waals surface area contributed by atoms with E-state index in [0.717, 1.165) is 30.2 Å². The van der Waals surface area contributed by atoms with Crippen molar-refractivity contribution in [1.29, 1.82) is 0 Å². The van der Waals surface area contributed by atoms with Crippen molar-refractivity contribution in [1.82, 2.24) is 25.2 Å². The lowest BCUT2D eigenvalue weighted by Crippen LogP contribution is -2.49. The van der Waals surface area contributed by atoms with Gasteiger partial charge in [-0.05, 0) is 37.1 Å². The summed E-state index contributed by atoms with van der Waals surface area (Å²) in [4.78, 5) is 20.8. The number of carbonyl (C=O) groups is 1. The molecule has 148 valence electrons. The van der Waals surface area contributed by atoms with Crippen molar-refractivity contribution in [2.45, 2.75) is 18.8 Å². The number of piperazine rings is 1. The lowest BCUT2D eigenvalue weighted by Gasteiger charge is -2.34. The predicted octanol–water partition coefficient (Wildman–Crippen LogP) is 2.44. The third-order valence-corrected chi connectivity index (χ3v) is 5.19. The fourth-order valence-electron chi connectivity index (χ4n) is 3.38. The monoisotopic (exact) mass is 391 g/mol. The zero-order valence-electron chi connectivity index (χ0n) is 15.9. The third kappa shape index (κ3) is 3.89. The molecule has 29 heavy (non-hydrogen) atoms. The van der Waals surface area contributed by atoms with E-state index in [1.807, 2.05) is 35.2 Å². The maximum Gasteiger partial charge on any atom is 0.276 e. The molecular formula is C20H21N7O2. The van der Waals surface area contributed by atoms with Crippen molar-refractivity contribution in [3.8, 4) is 0 Å². The first-order valence-electron chi connectivity index (χ1n) is 9.79. The van der Waals surface area contributed by atoms with E-state index in [1.54, 1.807) is 12.3 Å². The lowest BCUT2D eigenvalue weighted by molar-refractivity contribution is 0.0736. The van der Waals surface area contributed by atoms with Gasteiger partial charge in [0.25, 0.3) is 5.91 Å². The van der Waals surface area contributed by atoms with E-state index in [1.165, 1.54) is 0 Å². The van der Waals surface area contributed by atoms with Crippen LogP contribution in [-0.4, -0.2) is 57.3 Å². The molecule has 1 N–H and O–H groups in total. The molecule has 9 heteroatoms. The molecule has 1 saturated heterocycles. The average Bonchev–Trinajstić information content (AvgIpc) is 3.51. The van der Waals surface area contributed by atoms with Gasteiger partial charge in [0, 0.05) is 44.4 Å². The van der Waals surface area contributed by atoms with Crippen LogP contribution in [-0.2, 0) is 0 Å². The second kappa shape index (κ2) is 7.50. The highest BCUT2D eigenvalue weighted by Crippen LogP contribution is 2.40. The number of carbonyl (C=O) groups excluding carboxylic acids is 1. The Labute approximate surface area is 167 Å². The molecule has 1 saturated carbocycles. The molecule has 5 rings (SSSR count). The first-order valence-corrected chi connectivity index (χ1v) is 9.79. The van der Waals surface area contributed by atoms with Crippen LogP contribution in [0, 0.1) is 0 Å². The summed E-state index contributed by atoms with van der Waals surface area (Å²) >= 11 is 0. The molecule has 3 aromatic heterocycles. The summed E-state index contributed by atoms with van der Waals surface area (Å²) in [5, 5.41) is 15.6. The molecule has 0 aromatic carbocycles. The van der Waals surface area contributed by atoms with Crippen LogP contribution in [0.25, 0.3) is 0 Å². The van der Waals surface area contributed by atoms with Gasteiger partial charge in [-0.15, -0.1) is 10.2 Å². The van der Waals surface area contributed by atoms with Crippen molar-refractivity contribution >= 4 is 23.4 Å². The van der Waals surface area contributed by atoms with Gasteiger partial charge in [-0.1, -0.05) is 11.2 Å². The summed E-state index contributed by atoms with van der Waals surface area (Å²) in [7, 11) is 0. The van der Waals surface area contributed by atoms with E-state index < -0.39 is 0 Å². The molecule has 0 radical (unpaired) electrons.